The van der Waals surface area contributed by atoms with Gasteiger partial charge in [0.25, 0.3) is 5.69 Å². The van der Waals surface area contributed by atoms with Gasteiger partial charge < -0.3 is 4.74 Å². The van der Waals surface area contributed by atoms with Gasteiger partial charge in [-0.05, 0) is 19.1 Å². The van der Waals surface area contributed by atoms with Crippen LogP contribution in [0.3, 0.4) is 0 Å². The maximum atomic E-state index is 12.9. The van der Waals surface area contributed by atoms with Gasteiger partial charge in [-0.25, -0.2) is 12.8 Å². The summed E-state index contributed by atoms with van der Waals surface area (Å²) in [5, 5.41) is 10.8. The zero-order valence-electron chi connectivity index (χ0n) is 10.5. The summed E-state index contributed by atoms with van der Waals surface area (Å²) in [5.74, 6) is -1.81. The average molecular weight is 306 g/mol. The molecular formula is C10H11FN2O6S. The van der Waals surface area contributed by atoms with E-state index in [-0.39, 0.29) is 0 Å². The molecule has 0 aromatic heterocycles. The lowest BCUT2D eigenvalue weighted by molar-refractivity contribution is -0.388. The molecule has 110 valence electrons. The number of esters is 1. The number of hydrogen-bond donors (Lipinski definition) is 1. The molecule has 1 rings (SSSR count). The van der Waals surface area contributed by atoms with Gasteiger partial charge in [0.05, 0.1) is 18.1 Å². The fraction of sp³-hybridized carbons (Fsp3) is 0.300. The van der Waals surface area contributed by atoms with E-state index >= 15 is 0 Å². The van der Waals surface area contributed by atoms with Gasteiger partial charge in [0, 0.05) is 0 Å². The molecular weight excluding hydrogens is 295 g/mol. The number of carbonyl (C=O) groups is 1. The fourth-order valence-electron chi connectivity index (χ4n) is 1.38. The number of nitro benzene ring substituents is 1. The van der Waals surface area contributed by atoms with Crippen molar-refractivity contribution in [1.82, 2.24) is 4.72 Å². The highest BCUT2D eigenvalue weighted by molar-refractivity contribution is 7.89. The van der Waals surface area contributed by atoms with Crippen LogP contribution in [0.2, 0.25) is 0 Å². The van der Waals surface area contributed by atoms with Gasteiger partial charge in [0.1, 0.15) is 11.9 Å². The Balaban J connectivity index is 3.23. The highest BCUT2D eigenvalue weighted by Gasteiger charge is 2.29. The third kappa shape index (κ3) is 3.48. The van der Waals surface area contributed by atoms with Gasteiger partial charge in [-0.3, -0.25) is 14.9 Å². The number of halogens is 1. The van der Waals surface area contributed by atoms with Crippen LogP contribution in [0.5, 0.6) is 0 Å². The molecule has 0 radical (unpaired) electrons. The Morgan fingerprint density at radius 2 is 2.10 bits per heavy atom. The molecule has 0 aliphatic carbocycles. The number of nitro groups is 1. The van der Waals surface area contributed by atoms with Gasteiger partial charge in [0.2, 0.25) is 10.0 Å². The van der Waals surface area contributed by atoms with Crippen LogP contribution in [-0.4, -0.2) is 32.5 Å². The van der Waals surface area contributed by atoms with Gasteiger partial charge in [-0.2, -0.15) is 4.72 Å². The van der Waals surface area contributed by atoms with Crippen LogP contribution in [0.4, 0.5) is 10.1 Å². The summed E-state index contributed by atoms with van der Waals surface area (Å²) >= 11 is 0. The van der Waals surface area contributed by atoms with Crippen molar-refractivity contribution in [3.8, 4) is 0 Å². The lowest BCUT2D eigenvalue weighted by Crippen LogP contribution is -2.39. The number of rotatable bonds is 5. The smallest absolute Gasteiger partial charge is 0.323 e. The Labute approximate surface area is 113 Å². The minimum absolute atomic E-state index is 0.484. The van der Waals surface area contributed by atoms with Gasteiger partial charge in [-0.15, -0.1) is 0 Å². The van der Waals surface area contributed by atoms with Crippen LogP contribution >= 0.6 is 0 Å². The molecule has 0 amide bonds. The normalized spacial score (nSPS) is 12.8. The van der Waals surface area contributed by atoms with E-state index in [9.17, 15) is 27.7 Å². The summed E-state index contributed by atoms with van der Waals surface area (Å²) in [6.45, 7) is 1.21. The van der Waals surface area contributed by atoms with E-state index in [4.69, 9.17) is 0 Å². The van der Waals surface area contributed by atoms with E-state index in [0.29, 0.717) is 6.07 Å². The number of carbonyl (C=O) groups excluding carboxylic acids is 1. The number of ether oxygens (including phenoxy) is 1. The third-order valence-electron chi connectivity index (χ3n) is 2.29. The summed E-state index contributed by atoms with van der Waals surface area (Å²) in [6, 6.07) is 0.760. The van der Waals surface area contributed by atoms with Crippen LogP contribution < -0.4 is 4.72 Å². The van der Waals surface area contributed by atoms with Crippen molar-refractivity contribution < 1.29 is 27.3 Å². The second-order valence-corrected chi connectivity index (χ2v) is 5.42. The van der Waals surface area contributed by atoms with Gasteiger partial charge in [0.15, 0.2) is 4.90 Å². The van der Waals surface area contributed by atoms with Crippen molar-refractivity contribution in [2.45, 2.75) is 17.9 Å². The summed E-state index contributed by atoms with van der Waals surface area (Å²) < 4.78 is 43.1. The molecule has 0 bridgehead atoms. The van der Waals surface area contributed by atoms with Crippen LogP contribution in [0.15, 0.2) is 23.1 Å². The molecule has 0 saturated carbocycles. The SMILES string of the molecule is COC(=O)C(C)NS(=O)(=O)c1ccc(F)cc1[N+](=O)[O-]. The maximum absolute atomic E-state index is 12.9. The second-order valence-electron chi connectivity index (χ2n) is 3.74. The lowest BCUT2D eigenvalue weighted by Gasteiger charge is -2.12. The predicted molar refractivity (Wildman–Crippen MR) is 64.9 cm³/mol. The van der Waals surface area contributed by atoms with E-state index in [1.54, 1.807) is 0 Å². The Kier molecular flexibility index (Phi) is 4.73. The first kappa shape index (κ1) is 16.0. The quantitative estimate of drug-likeness (QED) is 0.483. The van der Waals surface area contributed by atoms with E-state index in [1.807, 2.05) is 4.72 Å². The third-order valence-corrected chi connectivity index (χ3v) is 3.88. The Hall–Kier alpha value is -2.07. The van der Waals surface area contributed by atoms with E-state index < -0.39 is 43.4 Å². The molecule has 10 heteroatoms. The number of hydrogen-bond acceptors (Lipinski definition) is 6. The number of methoxy groups -OCH3 is 1. The van der Waals surface area contributed by atoms with Gasteiger partial charge in [-0.1, -0.05) is 0 Å². The number of sulfonamides is 1. The van der Waals surface area contributed by atoms with Crippen LogP contribution in [0.25, 0.3) is 0 Å². The molecule has 20 heavy (non-hydrogen) atoms. The first-order chi connectivity index (χ1) is 9.19. The Morgan fingerprint density at radius 1 is 1.50 bits per heavy atom. The molecule has 0 aliphatic heterocycles. The topological polar surface area (TPSA) is 116 Å². The average Bonchev–Trinajstić information content (AvgIpc) is 2.36. The molecule has 8 nitrogen and oxygen atoms in total. The minimum Gasteiger partial charge on any atom is -0.468 e. The molecule has 1 aromatic rings. The van der Waals surface area contributed by atoms with Crippen LogP contribution in [0.1, 0.15) is 6.92 Å². The second kappa shape index (κ2) is 5.92. The molecule has 1 atom stereocenters. The first-order valence-corrected chi connectivity index (χ1v) is 6.71. The van der Waals surface area contributed by atoms with Crippen molar-refractivity contribution in [1.29, 1.82) is 0 Å². The predicted octanol–water partition coefficient (Wildman–Crippen LogP) is 0.574. The van der Waals surface area contributed by atoms with Crippen molar-refractivity contribution in [3.05, 3.63) is 34.1 Å². The summed E-state index contributed by atoms with van der Waals surface area (Å²) in [4.78, 5) is 20.1. The number of nitrogens with one attached hydrogen (secondary N) is 1. The molecule has 1 unspecified atom stereocenters. The molecule has 0 spiro atoms. The summed E-state index contributed by atoms with van der Waals surface area (Å²) in [7, 11) is -3.30. The maximum Gasteiger partial charge on any atom is 0.323 e. The van der Waals surface area contributed by atoms with Crippen molar-refractivity contribution in [3.63, 3.8) is 0 Å². The van der Waals surface area contributed by atoms with Crippen molar-refractivity contribution in [2.24, 2.45) is 0 Å². The molecule has 1 N–H and O–H groups in total. The number of nitrogens with zero attached hydrogens (tertiary/aromatic N) is 1. The zero-order chi connectivity index (χ0) is 15.5. The minimum atomic E-state index is -4.37. The molecule has 0 saturated heterocycles. The largest absolute Gasteiger partial charge is 0.468 e. The van der Waals surface area contributed by atoms with E-state index in [1.165, 1.54) is 6.92 Å². The zero-order valence-corrected chi connectivity index (χ0v) is 11.3. The van der Waals surface area contributed by atoms with Gasteiger partial charge >= 0.3 is 5.97 Å². The molecule has 0 heterocycles. The monoisotopic (exact) mass is 306 g/mol. The lowest BCUT2D eigenvalue weighted by atomic mass is 10.3. The Bertz CT molecular complexity index is 645. The van der Waals surface area contributed by atoms with Crippen LogP contribution in [0, 0.1) is 15.9 Å². The summed E-state index contributed by atoms with van der Waals surface area (Å²) in [5.41, 5.74) is -0.922. The van der Waals surface area contributed by atoms with E-state index in [0.717, 1.165) is 19.2 Å². The van der Waals surface area contributed by atoms with Crippen molar-refractivity contribution >= 4 is 21.7 Å². The molecule has 0 aliphatic rings. The summed E-state index contributed by atoms with van der Waals surface area (Å²) in [6.07, 6.45) is 0. The van der Waals surface area contributed by atoms with E-state index in [2.05, 4.69) is 4.74 Å². The Morgan fingerprint density at radius 3 is 2.60 bits per heavy atom. The highest BCUT2D eigenvalue weighted by Crippen LogP contribution is 2.24. The number of benzene rings is 1. The highest BCUT2D eigenvalue weighted by atomic mass is 32.2. The van der Waals surface area contributed by atoms with Crippen LogP contribution in [-0.2, 0) is 19.6 Å². The van der Waals surface area contributed by atoms with Crippen molar-refractivity contribution in [2.75, 3.05) is 7.11 Å². The molecule has 0 fully saturated rings. The first-order valence-electron chi connectivity index (χ1n) is 5.23. The molecule has 1 aromatic carbocycles. The standard InChI is InChI=1S/C10H11FN2O6S/c1-6(10(14)19-2)12-20(17,18)9-4-3-7(11)5-8(9)13(15)16/h3-6,12H,1-2H3. The fourth-order valence-corrected chi connectivity index (χ4v) is 2.73.